The molecule has 2 aromatic rings. The summed E-state index contributed by atoms with van der Waals surface area (Å²) in [5, 5.41) is 0. The maximum Gasteiger partial charge on any atom is 0.233 e. The van der Waals surface area contributed by atoms with Gasteiger partial charge in [-0.1, -0.05) is 12.1 Å². The van der Waals surface area contributed by atoms with Gasteiger partial charge in [0.1, 0.15) is 6.10 Å². The summed E-state index contributed by atoms with van der Waals surface area (Å²) in [5.74, 6) is 1.06. The SMILES string of the molecule is CN1CCCC(C(=O)N2CCC(Oc3cnc4ccccc4n3)CC2)C1. The molecular formula is C20H26N4O2. The van der Waals surface area contributed by atoms with Crippen LogP contribution in [0.5, 0.6) is 5.88 Å². The lowest BCUT2D eigenvalue weighted by Gasteiger charge is -2.36. The Morgan fingerprint density at radius 2 is 1.88 bits per heavy atom. The molecule has 6 heteroatoms. The molecule has 0 aliphatic carbocycles. The molecule has 1 amide bonds. The van der Waals surface area contributed by atoms with Crippen molar-refractivity contribution in [2.24, 2.45) is 5.92 Å². The zero-order valence-corrected chi connectivity index (χ0v) is 15.3. The van der Waals surface area contributed by atoms with Gasteiger partial charge in [-0.15, -0.1) is 0 Å². The highest BCUT2D eigenvalue weighted by Gasteiger charge is 2.31. The molecule has 1 aromatic heterocycles. The van der Waals surface area contributed by atoms with Gasteiger partial charge in [-0.2, -0.15) is 0 Å². The number of likely N-dealkylation sites (tertiary alicyclic amines) is 2. The van der Waals surface area contributed by atoms with Crippen molar-refractivity contribution in [1.82, 2.24) is 19.8 Å². The highest BCUT2D eigenvalue weighted by atomic mass is 16.5. The summed E-state index contributed by atoms with van der Waals surface area (Å²) < 4.78 is 6.03. The number of rotatable bonds is 3. The van der Waals surface area contributed by atoms with Crippen LogP contribution in [0.1, 0.15) is 25.7 Å². The van der Waals surface area contributed by atoms with Gasteiger partial charge >= 0.3 is 0 Å². The van der Waals surface area contributed by atoms with Gasteiger partial charge in [0.05, 0.1) is 23.1 Å². The zero-order valence-electron chi connectivity index (χ0n) is 15.3. The number of para-hydroxylation sites is 2. The molecule has 1 aromatic carbocycles. The summed E-state index contributed by atoms with van der Waals surface area (Å²) in [4.78, 5) is 26.0. The van der Waals surface area contributed by atoms with E-state index in [0.29, 0.717) is 11.8 Å². The summed E-state index contributed by atoms with van der Waals surface area (Å²) in [5.41, 5.74) is 1.72. The molecule has 4 rings (SSSR count). The number of piperidine rings is 2. The van der Waals surface area contributed by atoms with E-state index in [-0.39, 0.29) is 12.0 Å². The van der Waals surface area contributed by atoms with Gasteiger partial charge in [0, 0.05) is 32.5 Å². The van der Waals surface area contributed by atoms with Gasteiger partial charge in [0.25, 0.3) is 0 Å². The molecule has 3 heterocycles. The van der Waals surface area contributed by atoms with Gasteiger partial charge in [0.15, 0.2) is 0 Å². The van der Waals surface area contributed by atoms with Crippen LogP contribution in [0.25, 0.3) is 11.0 Å². The Bertz CT molecular complexity index is 773. The number of fused-ring (bicyclic) bond motifs is 1. The van der Waals surface area contributed by atoms with Crippen LogP contribution in [-0.4, -0.2) is 65.0 Å². The molecule has 0 saturated carbocycles. The molecule has 0 bridgehead atoms. The summed E-state index contributed by atoms with van der Waals surface area (Å²) in [6, 6.07) is 7.79. The third-order valence-electron chi connectivity index (χ3n) is 5.44. The average molecular weight is 354 g/mol. The van der Waals surface area contributed by atoms with Gasteiger partial charge in [-0.05, 0) is 38.6 Å². The molecule has 138 valence electrons. The second kappa shape index (κ2) is 7.58. The fourth-order valence-corrected chi connectivity index (χ4v) is 3.99. The predicted octanol–water partition coefficient (Wildman–Crippen LogP) is 2.34. The standard InChI is InChI=1S/C20H26N4O2/c1-23-10-4-5-15(14-23)20(25)24-11-8-16(9-12-24)26-19-13-21-17-6-2-3-7-18(17)22-19/h2-3,6-7,13,15-16H,4-5,8-12,14H2,1H3. The number of amides is 1. The number of ether oxygens (including phenoxy) is 1. The number of carbonyl (C=O) groups is 1. The van der Waals surface area contributed by atoms with E-state index in [1.807, 2.05) is 29.2 Å². The van der Waals surface area contributed by atoms with Crippen molar-refractivity contribution < 1.29 is 9.53 Å². The zero-order chi connectivity index (χ0) is 17.9. The van der Waals surface area contributed by atoms with Crippen LogP contribution < -0.4 is 4.74 Å². The Hall–Kier alpha value is -2.21. The first kappa shape index (κ1) is 17.2. The lowest BCUT2D eigenvalue weighted by Crippen LogP contribution is -2.47. The number of aromatic nitrogens is 2. The summed E-state index contributed by atoms with van der Waals surface area (Å²) in [6.07, 6.45) is 5.63. The summed E-state index contributed by atoms with van der Waals surface area (Å²) >= 11 is 0. The number of hydrogen-bond acceptors (Lipinski definition) is 5. The smallest absolute Gasteiger partial charge is 0.233 e. The highest BCUT2D eigenvalue weighted by Crippen LogP contribution is 2.23. The molecule has 2 saturated heterocycles. The Labute approximate surface area is 154 Å². The average Bonchev–Trinajstić information content (AvgIpc) is 2.68. The first-order chi connectivity index (χ1) is 12.7. The maximum atomic E-state index is 12.7. The van der Waals surface area contributed by atoms with Gasteiger partial charge in [-0.3, -0.25) is 4.79 Å². The largest absolute Gasteiger partial charge is 0.473 e. The Morgan fingerprint density at radius 3 is 2.65 bits per heavy atom. The molecule has 0 N–H and O–H groups in total. The lowest BCUT2D eigenvalue weighted by atomic mass is 9.95. The van der Waals surface area contributed by atoms with E-state index in [1.165, 1.54) is 0 Å². The molecule has 0 radical (unpaired) electrons. The third-order valence-corrected chi connectivity index (χ3v) is 5.44. The second-order valence-corrected chi connectivity index (χ2v) is 7.44. The first-order valence-electron chi connectivity index (χ1n) is 9.55. The monoisotopic (exact) mass is 354 g/mol. The van der Waals surface area contributed by atoms with Crippen molar-refractivity contribution in [3.8, 4) is 5.88 Å². The topological polar surface area (TPSA) is 58.6 Å². The number of carbonyl (C=O) groups excluding carboxylic acids is 1. The number of benzene rings is 1. The third kappa shape index (κ3) is 3.80. The molecule has 6 nitrogen and oxygen atoms in total. The molecule has 2 aliphatic heterocycles. The van der Waals surface area contributed by atoms with Crippen LogP contribution in [0.15, 0.2) is 30.5 Å². The molecule has 2 fully saturated rings. The minimum Gasteiger partial charge on any atom is -0.473 e. The molecule has 1 unspecified atom stereocenters. The Balaban J connectivity index is 1.32. The number of hydrogen-bond donors (Lipinski definition) is 0. The normalized spacial score (nSPS) is 22.5. The second-order valence-electron chi connectivity index (χ2n) is 7.44. The number of nitrogens with zero attached hydrogens (tertiary/aromatic N) is 4. The van der Waals surface area contributed by atoms with Crippen molar-refractivity contribution in [1.29, 1.82) is 0 Å². The lowest BCUT2D eigenvalue weighted by molar-refractivity contribution is -0.139. The highest BCUT2D eigenvalue weighted by molar-refractivity contribution is 5.79. The molecule has 1 atom stereocenters. The van der Waals surface area contributed by atoms with Crippen molar-refractivity contribution in [2.45, 2.75) is 31.8 Å². The fraction of sp³-hybridized carbons (Fsp3) is 0.550. The molecule has 0 spiro atoms. The first-order valence-corrected chi connectivity index (χ1v) is 9.55. The molecular weight excluding hydrogens is 328 g/mol. The van der Waals surface area contributed by atoms with E-state index in [4.69, 9.17) is 4.74 Å². The van der Waals surface area contributed by atoms with E-state index in [1.54, 1.807) is 6.20 Å². The van der Waals surface area contributed by atoms with Crippen molar-refractivity contribution in [3.63, 3.8) is 0 Å². The quantitative estimate of drug-likeness (QED) is 0.847. The fourth-order valence-electron chi connectivity index (χ4n) is 3.99. The minimum absolute atomic E-state index is 0.101. The van der Waals surface area contributed by atoms with Gasteiger partial charge in [-0.25, -0.2) is 9.97 Å². The van der Waals surface area contributed by atoms with Crippen molar-refractivity contribution in [3.05, 3.63) is 30.5 Å². The van der Waals surface area contributed by atoms with Crippen molar-refractivity contribution in [2.75, 3.05) is 33.2 Å². The van der Waals surface area contributed by atoms with E-state index in [0.717, 1.165) is 62.9 Å². The summed E-state index contributed by atoms with van der Waals surface area (Å²) in [6.45, 7) is 3.53. The molecule has 2 aliphatic rings. The van der Waals surface area contributed by atoms with E-state index < -0.39 is 0 Å². The van der Waals surface area contributed by atoms with Crippen LogP contribution in [0.2, 0.25) is 0 Å². The van der Waals surface area contributed by atoms with E-state index >= 15 is 0 Å². The Kier molecular flexibility index (Phi) is 5.02. The van der Waals surface area contributed by atoms with Crippen LogP contribution in [0.4, 0.5) is 0 Å². The van der Waals surface area contributed by atoms with E-state index in [2.05, 4.69) is 21.9 Å². The Morgan fingerprint density at radius 1 is 1.12 bits per heavy atom. The minimum atomic E-state index is 0.101. The van der Waals surface area contributed by atoms with Crippen LogP contribution in [0.3, 0.4) is 0 Å². The van der Waals surface area contributed by atoms with Gasteiger partial charge < -0.3 is 14.5 Å². The van der Waals surface area contributed by atoms with Crippen LogP contribution >= 0.6 is 0 Å². The van der Waals surface area contributed by atoms with Crippen molar-refractivity contribution >= 4 is 16.9 Å². The van der Waals surface area contributed by atoms with E-state index in [9.17, 15) is 4.79 Å². The predicted molar refractivity (Wildman–Crippen MR) is 100.0 cm³/mol. The van der Waals surface area contributed by atoms with Crippen LogP contribution in [-0.2, 0) is 4.79 Å². The van der Waals surface area contributed by atoms with Gasteiger partial charge in [0.2, 0.25) is 11.8 Å². The molecule has 26 heavy (non-hydrogen) atoms. The maximum absolute atomic E-state index is 12.7. The summed E-state index contributed by atoms with van der Waals surface area (Å²) in [7, 11) is 2.10. The van der Waals surface area contributed by atoms with Crippen LogP contribution in [0, 0.1) is 5.92 Å².